The maximum absolute atomic E-state index is 3.50. The smallest absolute Gasteiger partial charge is 0.00343 e. The van der Waals surface area contributed by atoms with E-state index in [2.05, 4.69) is 87.9 Å². The summed E-state index contributed by atoms with van der Waals surface area (Å²) >= 11 is 3.50. The molecule has 0 amide bonds. The van der Waals surface area contributed by atoms with Gasteiger partial charge in [0.1, 0.15) is 0 Å². The highest BCUT2D eigenvalue weighted by Gasteiger charge is 1.95. The summed E-state index contributed by atoms with van der Waals surface area (Å²) in [4.78, 5) is 0. The summed E-state index contributed by atoms with van der Waals surface area (Å²) < 4.78 is 0. The van der Waals surface area contributed by atoms with Crippen LogP contribution in [0, 0.1) is 0 Å². The normalized spacial score (nSPS) is 13.8. The molecule has 0 N–H and O–H groups in total. The summed E-state index contributed by atoms with van der Waals surface area (Å²) in [5, 5.41) is 1.11. The van der Waals surface area contributed by atoms with Crippen LogP contribution in [0.4, 0.5) is 0 Å². The molecule has 0 aliphatic rings. The standard InChI is InChI=1S/C27H45Br/c1-23(2)13-7-8-15-26(5)20-21-27(6)16-10-9-14-24(3)17-11-18-25(4)19-12-22-28/h13-16,18H,7-12,17,19-22H2,1-6H3/b24-14+,25-18+,26-15+,27-16+. The van der Waals surface area contributed by atoms with Crippen molar-refractivity contribution in [2.24, 2.45) is 0 Å². The van der Waals surface area contributed by atoms with Crippen molar-refractivity contribution in [1.29, 1.82) is 0 Å². The van der Waals surface area contributed by atoms with Gasteiger partial charge in [-0.15, -0.1) is 0 Å². The van der Waals surface area contributed by atoms with E-state index in [0.29, 0.717) is 0 Å². The molecule has 0 radical (unpaired) electrons. The fraction of sp³-hybridized carbons (Fsp3) is 0.630. The first-order chi connectivity index (χ1) is 13.3. The van der Waals surface area contributed by atoms with E-state index in [-0.39, 0.29) is 0 Å². The molecule has 0 nitrogen and oxygen atoms in total. The Balaban J connectivity index is 4.02. The Morgan fingerprint density at radius 1 is 0.500 bits per heavy atom. The molecular weight excluding hydrogens is 404 g/mol. The van der Waals surface area contributed by atoms with Gasteiger partial charge in [-0.1, -0.05) is 74.2 Å². The molecule has 0 aliphatic heterocycles. The van der Waals surface area contributed by atoms with E-state index in [1.54, 1.807) is 0 Å². The van der Waals surface area contributed by atoms with Crippen molar-refractivity contribution in [1.82, 2.24) is 0 Å². The molecule has 0 spiro atoms. The number of hydrogen-bond acceptors (Lipinski definition) is 0. The van der Waals surface area contributed by atoms with E-state index in [1.165, 1.54) is 92.1 Å². The average Bonchev–Trinajstić information content (AvgIpc) is 2.65. The zero-order valence-electron chi connectivity index (χ0n) is 19.5. The summed E-state index contributed by atoms with van der Waals surface area (Å²) in [5.74, 6) is 0. The molecular formula is C27H45Br. The highest BCUT2D eigenvalue weighted by Crippen LogP contribution is 2.15. The minimum Gasteiger partial charge on any atom is -0.0928 e. The predicted octanol–water partition coefficient (Wildman–Crippen LogP) is 10.0. The first-order valence-electron chi connectivity index (χ1n) is 11.2. The number of rotatable bonds is 15. The van der Waals surface area contributed by atoms with Crippen molar-refractivity contribution in [3.63, 3.8) is 0 Å². The van der Waals surface area contributed by atoms with Crippen molar-refractivity contribution in [2.45, 2.75) is 106 Å². The molecule has 0 saturated carbocycles. The lowest BCUT2D eigenvalue weighted by Gasteiger charge is -2.03. The average molecular weight is 450 g/mol. The van der Waals surface area contributed by atoms with Crippen molar-refractivity contribution in [3.8, 4) is 0 Å². The lowest BCUT2D eigenvalue weighted by Crippen LogP contribution is -1.83. The van der Waals surface area contributed by atoms with E-state index in [9.17, 15) is 0 Å². The molecule has 160 valence electrons. The van der Waals surface area contributed by atoms with Crippen LogP contribution in [0.1, 0.15) is 106 Å². The van der Waals surface area contributed by atoms with Gasteiger partial charge in [-0.25, -0.2) is 0 Å². The van der Waals surface area contributed by atoms with Crippen molar-refractivity contribution < 1.29 is 0 Å². The SMILES string of the molecule is CC(C)=CCC/C=C(\C)CC/C(C)=C/CC/C=C(\C)CC/C=C(\C)CCCBr. The minimum absolute atomic E-state index is 1.11. The fourth-order valence-corrected chi connectivity index (χ4v) is 3.34. The molecule has 0 bridgehead atoms. The van der Waals surface area contributed by atoms with Gasteiger partial charge in [0.2, 0.25) is 0 Å². The second kappa shape index (κ2) is 18.2. The molecule has 0 rings (SSSR count). The maximum atomic E-state index is 3.50. The lowest BCUT2D eigenvalue weighted by atomic mass is 10.0. The number of halogens is 1. The quantitative estimate of drug-likeness (QED) is 0.132. The molecule has 0 saturated heterocycles. The number of allylic oxidation sites excluding steroid dienone is 10. The summed E-state index contributed by atoms with van der Waals surface area (Å²) in [6.45, 7) is 13.4. The predicted molar refractivity (Wildman–Crippen MR) is 134 cm³/mol. The molecule has 0 aromatic carbocycles. The van der Waals surface area contributed by atoms with Crippen molar-refractivity contribution >= 4 is 15.9 Å². The van der Waals surface area contributed by atoms with Gasteiger partial charge in [-0.2, -0.15) is 0 Å². The largest absolute Gasteiger partial charge is 0.0928 e. The Morgan fingerprint density at radius 3 is 1.36 bits per heavy atom. The third kappa shape index (κ3) is 18.5. The first-order valence-corrected chi connectivity index (χ1v) is 12.3. The van der Waals surface area contributed by atoms with Crippen LogP contribution in [0.3, 0.4) is 0 Å². The molecule has 0 aromatic heterocycles. The Hall–Kier alpha value is -0.820. The second-order valence-corrected chi connectivity index (χ2v) is 9.26. The molecule has 0 unspecified atom stereocenters. The van der Waals surface area contributed by atoms with E-state index in [4.69, 9.17) is 0 Å². The molecule has 1 heteroatoms. The van der Waals surface area contributed by atoms with Crippen LogP contribution in [0.15, 0.2) is 58.2 Å². The minimum atomic E-state index is 1.11. The van der Waals surface area contributed by atoms with Crippen LogP contribution in [-0.2, 0) is 0 Å². The van der Waals surface area contributed by atoms with Gasteiger partial charge in [-0.3, -0.25) is 0 Å². The van der Waals surface area contributed by atoms with Gasteiger partial charge in [0.15, 0.2) is 0 Å². The highest BCUT2D eigenvalue weighted by atomic mass is 79.9. The maximum Gasteiger partial charge on any atom is 0.00343 e. The van der Waals surface area contributed by atoms with Gasteiger partial charge >= 0.3 is 0 Å². The summed E-state index contributed by atoms with van der Waals surface area (Å²) in [6, 6.07) is 0. The molecule has 0 atom stereocenters. The Labute approximate surface area is 185 Å². The van der Waals surface area contributed by atoms with Gasteiger partial charge in [0.25, 0.3) is 0 Å². The van der Waals surface area contributed by atoms with Gasteiger partial charge in [0, 0.05) is 5.33 Å². The zero-order chi connectivity index (χ0) is 21.2. The second-order valence-electron chi connectivity index (χ2n) is 8.47. The third-order valence-electron chi connectivity index (χ3n) is 5.01. The van der Waals surface area contributed by atoms with Crippen LogP contribution in [0.25, 0.3) is 0 Å². The van der Waals surface area contributed by atoms with Crippen molar-refractivity contribution in [3.05, 3.63) is 58.2 Å². The summed E-state index contributed by atoms with van der Waals surface area (Å²) in [6.07, 6.45) is 24.0. The molecule has 0 aliphatic carbocycles. The van der Waals surface area contributed by atoms with Gasteiger partial charge in [0.05, 0.1) is 0 Å². The van der Waals surface area contributed by atoms with E-state index in [1.807, 2.05) is 0 Å². The van der Waals surface area contributed by atoms with Crippen LogP contribution < -0.4 is 0 Å². The van der Waals surface area contributed by atoms with Gasteiger partial charge < -0.3 is 0 Å². The molecule has 28 heavy (non-hydrogen) atoms. The summed E-state index contributed by atoms with van der Waals surface area (Å²) in [7, 11) is 0. The van der Waals surface area contributed by atoms with Crippen LogP contribution in [-0.4, -0.2) is 5.33 Å². The monoisotopic (exact) mass is 448 g/mol. The number of unbranched alkanes of at least 4 members (excludes halogenated alkanes) is 2. The number of alkyl halides is 1. The summed E-state index contributed by atoms with van der Waals surface area (Å²) in [5.41, 5.74) is 7.56. The van der Waals surface area contributed by atoms with Gasteiger partial charge in [-0.05, 0) is 106 Å². The lowest BCUT2D eigenvalue weighted by molar-refractivity contribution is 0.879. The highest BCUT2D eigenvalue weighted by molar-refractivity contribution is 9.09. The fourth-order valence-electron chi connectivity index (χ4n) is 3.06. The van der Waals surface area contributed by atoms with E-state index >= 15 is 0 Å². The molecule has 0 aromatic rings. The molecule has 0 heterocycles. The van der Waals surface area contributed by atoms with E-state index < -0.39 is 0 Å². The van der Waals surface area contributed by atoms with Crippen LogP contribution >= 0.6 is 15.9 Å². The van der Waals surface area contributed by atoms with Crippen LogP contribution in [0.2, 0.25) is 0 Å². The Kier molecular flexibility index (Phi) is 17.7. The first kappa shape index (κ1) is 27.2. The zero-order valence-corrected chi connectivity index (χ0v) is 21.1. The topological polar surface area (TPSA) is 0 Å². The van der Waals surface area contributed by atoms with E-state index in [0.717, 1.165) is 5.33 Å². The third-order valence-corrected chi connectivity index (χ3v) is 5.57. The Morgan fingerprint density at radius 2 is 0.893 bits per heavy atom. The van der Waals surface area contributed by atoms with Crippen LogP contribution in [0.5, 0.6) is 0 Å². The number of hydrogen-bond donors (Lipinski definition) is 0. The van der Waals surface area contributed by atoms with Crippen molar-refractivity contribution in [2.75, 3.05) is 5.33 Å². The molecule has 0 fully saturated rings. The Bertz CT molecular complexity index is 551.